The van der Waals surface area contributed by atoms with Crippen molar-refractivity contribution in [3.8, 4) is 0 Å². The third-order valence-corrected chi connectivity index (χ3v) is 1.98. The lowest BCUT2D eigenvalue weighted by Crippen LogP contribution is -2.15. The van der Waals surface area contributed by atoms with E-state index in [1.807, 2.05) is 17.7 Å². The van der Waals surface area contributed by atoms with Gasteiger partial charge in [-0.25, -0.2) is 0 Å². The highest BCUT2D eigenvalue weighted by atomic mass is 16.1. The van der Waals surface area contributed by atoms with Crippen molar-refractivity contribution in [1.82, 2.24) is 4.57 Å². The molecule has 0 aliphatic rings. The molecule has 12 heavy (non-hydrogen) atoms. The SMILES string of the molecule is CCCc1ccc(C(N)=O)n1C. The zero-order chi connectivity index (χ0) is 9.14. The van der Waals surface area contributed by atoms with Crippen LogP contribution in [0.15, 0.2) is 12.1 Å². The van der Waals surface area contributed by atoms with Crippen molar-refractivity contribution < 1.29 is 4.79 Å². The molecular formula is C9H14N2O. The van der Waals surface area contributed by atoms with Gasteiger partial charge in [0.1, 0.15) is 5.69 Å². The van der Waals surface area contributed by atoms with Gasteiger partial charge in [-0.05, 0) is 18.6 Å². The minimum absolute atomic E-state index is 0.361. The Morgan fingerprint density at radius 2 is 2.25 bits per heavy atom. The summed E-state index contributed by atoms with van der Waals surface area (Å²) in [6.07, 6.45) is 2.07. The fraction of sp³-hybridized carbons (Fsp3) is 0.444. The van der Waals surface area contributed by atoms with E-state index in [2.05, 4.69) is 6.92 Å². The molecule has 1 amide bonds. The third-order valence-electron chi connectivity index (χ3n) is 1.98. The normalized spacial score (nSPS) is 10.2. The molecule has 0 spiro atoms. The van der Waals surface area contributed by atoms with Crippen molar-refractivity contribution in [2.75, 3.05) is 0 Å². The lowest BCUT2D eigenvalue weighted by atomic mass is 10.2. The maximum absolute atomic E-state index is 10.8. The predicted octanol–water partition coefficient (Wildman–Crippen LogP) is 1.08. The second kappa shape index (κ2) is 3.43. The first kappa shape index (κ1) is 8.84. The van der Waals surface area contributed by atoms with Crippen LogP contribution < -0.4 is 5.73 Å². The van der Waals surface area contributed by atoms with Crippen LogP contribution in [0.1, 0.15) is 29.5 Å². The molecule has 0 unspecified atom stereocenters. The molecule has 0 fully saturated rings. The Hall–Kier alpha value is -1.25. The van der Waals surface area contributed by atoms with E-state index in [4.69, 9.17) is 5.73 Å². The van der Waals surface area contributed by atoms with Crippen LogP contribution >= 0.6 is 0 Å². The second-order valence-corrected chi connectivity index (χ2v) is 2.88. The van der Waals surface area contributed by atoms with Gasteiger partial charge >= 0.3 is 0 Å². The Morgan fingerprint density at radius 1 is 1.58 bits per heavy atom. The molecule has 1 rings (SSSR count). The molecule has 66 valence electrons. The molecule has 3 heteroatoms. The number of rotatable bonds is 3. The summed E-state index contributed by atoms with van der Waals surface area (Å²) in [5, 5.41) is 0. The van der Waals surface area contributed by atoms with Crippen LogP contribution in [0.2, 0.25) is 0 Å². The van der Waals surface area contributed by atoms with Gasteiger partial charge in [0.2, 0.25) is 0 Å². The number of carbonyl (C=O) groups excluding carboxylic acids is 1. The van der Waals surface area contributed by atoms with E-state index in [9.17, 15) is 4.79 Å². The lowest BCUT2D eigenvalue weighted by Gasteiger charge is -2.03. The van der Waals surface area contributed by atoms with E-state index in [1.54, 1.807) is 6.07 Å². The van der Waals surface area contributed by atoms with Gasteiger partial charge in [0, 0.05) is 12.7 Å². The summed E-state index contributed by atoms with van der Waals surface area (Å²) in [7, 11) is 1.87. The first-order valence-corrected chi connectivity index (χ1v) is 4.11. The molecule has 1 aromatic rings. The molecule has 0 aliphatic carbocycles. The quantitative estimate of drug-likeness (QED) is 0.717. The van der Waals surface area contributed by atoms with Crippen molar-refractivity contribution in [3.05, 3.63) is 23.5 Å². The third kappa shape index (κ3) is 1.49. The van der Waals surface area contributed by atoms with Crippen LogP contribution in [0.4, 0.5) is 0 Å². The van der Waals surface area contributed by atoms with Gasteiger partial charge in [0.15, 0.2) is 0 Å². The van der Waals surface area contributed by atoms with Crippen molar-refractivity contribution in [2.24, 2.45) is 12.8 Å². The van der Waals surface area contributed by atoms with Crippen molar-refractivity contribution in [2.45, 2.75) is 19.8 Å². The van der Waals surface area contributed by atoms with Gasteiger partial charge in [0.05, 0.1) is 0 Å². The summed E-state index contributed by atoms with van der Waals surface area (Å²) < 4.78 is 1.85. The summed E-state index contributed by atoms with van der Waals surface area (Å²) in [6.45, 7) is 2.11. The number of nitrogens with two attached hydrogens (primary N) is 1. The number of hydrogen-bond donors (Lipinski definition) is 1. The van der Waals surface area contributed by atoms with Crippen LogP contribution in [0.5, 0.6) is 0 Å². The maximum atomic E-state index is 10.8. The smallest absolute Gasteiger partial charge is 0.265 e. The fourth-order valence-corrected chi connectivity index (χ4v) is 1.31. The average Bonchev–Trinajstić information content (AvgIpc) is 2.34. The summed E-state index contributed by atoms with van der Waals surface area (Å²) in [5.41, 5.74) is 6.90. The summed E-state index contributed by atoms with van der Waals surface area (Å²) in [5.74, 6) is -0.361. The number of amides is 1. The lowest BCUT2D eigenvalue weighted by molar-refractivity contribution is 0.0992. The minimum atomic E-state index is -0.361. The van der Waals surface area contributed by atoms with Crippen molar-refractivity contribution >= 4 is 5.91 Å². The molecule has 0 saturated carbocycles. The molecule has 0 atom stereocenters. The Balaban J connectivity index is 2.96. The van der Waals surface area contributed by atoms with Crippen LogP contribution in [0, 0.1) is 0 Å². The van der Waals surface area contributed by atoms with E-state index in [0.29, 0.717) is 5.69 Å². The molecule has 0 aliphatic heterocycles. The monoisotopic (exact) mass is 166 g/mol. The van der Waals surface area contributed by atoms with E-state index in [-0.39, 0.29) is 5.91 Å². The number of aryl methyl sites for hydroxylation is 1. The Labute approximate surface area is 72.2 Å². The largest absolute Gasteiger partial charge is 0.364 e. The van der Waals surface area contributed by atoms with E-state index in [0.717, 1.165) is 18.5 Å². The number of nitrogens with zero attached hydrogens (tertiary/aromatic N) is 1. The van der Waals surface area contributed by atoms with Gasteiger partial charge in [-0.3, -0.25) is 4.79 Å². The second-order valence-electron chi connectivity index (χ2n) is 2.88. The minimum Gasteiger partial charge on any atom is -0.364 e. The van der Waals surface area contributed by atoms with Gasteiger partial charge < -0.3 is 10.3 Å². The molecule has 0 saturated heterocycles. The van der Waals surface area contributed by atoms with Gasteiger partial charge in [-0.2, -0.15) is 0 Å². The van der Waals surface area contributed by atoms with E-state index >= 15 is 0 Å². The summed E-state index contributed by atoms with van der Waals surface area (Å²) in [6, 6.07) is 3.72. The zero-order valence-electron chi connectivity index (χ0n) is 7.50. The van der Waals surface area contributed by atoms with E-state index in [1.165, 1.54) is 0 Å². The fourth-order valence-electron chi connectivity index (χ4n) is 1.31. The first-order chi connectivity index (χ1) is 5.66. The maximum Gasteiger partial charge on any atom is 0.265 e. The Kier molecular flexibility index (Phi) is 2.53. The van der Waals surface area contributed by atoms with Crippen molar-refractivity contribution in [3.63, 3.8) is 0 Å². The van der Waals surface area contributed by atoms with Crippen LogP contribution in [0.3, 0.4) is 0 Å². The Morgan fingerprint density at radius 3 is 2.67 bits per heavy atom. The standard InChI is InChI=1S/C9H14N2O/c1-3-4-7-5-6-8(9(10)12)11(7)2/h5-6H,3-4H2,1-2H3,(H2,10,12). The van der Waals surface area contributed by atoms with Gasteiger partial charge in [-0.15, -0.1) is 0 Å². The molecule has 2 N–H and O–H groups in total. The summed E-state index contributed by atoms with van der Waals surface area (Å²) >= 11 is 0. The van der Waals surface area contributed by atoms with Gasteiger partial charge in [0.25, 0.3) is 5.91 Å². The highest BCUT2D eigenvalue weighted by Gasteiger charge is 2.07. The molecule has 0 aromatic carbocycles. The van der Waals surface area contributed by atoms with E-state index < -0.39 is 0 Å². The number of aromatic nitrogens is 1. The Bertz CT molecular complexity index is 289. The molecule has 1 heterocycles. The molecule has 0 radical (unpaired) electrons. The van der Waals surface area contributed by atoms with Crippen LogP contribution in [0.25, 0.3) is 0 Å². The number of hydrogen-bond acceptors (Lipinski definition) is 1. The molecule has 0 bridgehead atoms. The first-order valence-electron chi connectivity index (χ1n) is 4.11. The average molecular weight is 166 g/mol. The molecular weight excluding hydrogens is 152 g/mol. The van der Waals surface area contributed by atoms with Crippen LogP contribution in [-0.4, -0.2) is 10.5 Å². The van der Waals surface area contributed by atoms with Gasteiger partial charge in [-0.1, -0.05) is 13.3 Å². The number of carbonyl (C=O) groups is 1. The highest BCUT2D eigenvalue weighted by Crippen LogP contribution is 2.08. The number of primary amides is 1. The van der Waals surface area contributed by atoms with Crippen molar-refractivity contribution in [1.29, 1.82) is 0 Å². The van der Waals surface area contributed by atoms with Crippen LogP contribution in [-0.2, 0) is 13.5 Å². The zero-order valence-corrected chi connectivity index (χ0v) is 7.50. The molecule has 1 aromatic heterocycles. The predicted molar refractivity (Wildman–Crippen MR) is 47.9 cm³/mol. The molecule has 3 nitrogen and oxygen atoms in total. The topological polar surface area (TPSA) is 48.0 Å². The summed E-state index contributed by atoms with van der Waals surface area (Å²) in [4.78, 5) is 10.8. The highest BCUT2D eigenvalue weighted by molar-refractivity contribution is 5.91.